The summed E-state index contributed by atoms with van der Waals surface area (Å²) in [6.07, 6.45) is 4.03. The number of hydrogen-bond donors (Lipinski definition) is 1. The van der Waals surface area contributed by atoms with Crippen molar-refractivity contribution in [3.63, 3.8) is 0 Å². The predicted molar refractivity (Wildman–Crippen MR) is 127 cm³/mol. The van der Waals surface area contributed by atoms with E-state index in [2.05, 4.69) is 16.8 Å². The fourth-order valence-electron chi connectivity index (χ4n) is 4.26. The van der Waals surface area contributed by atoms with Crippen LogP contribution >= 0.6 is 11.6 Å². The van der Waals surface area contributed by atoms with E-state index in [4.69, 9.17) is 11.6 Å². The third-order valence-corrected chi connectivity index (χ3v) is 8.22. The predicted octanol–water partition coefficient (Wildman–Crippen LogP) is 4.07. The minimum absolute atomic E-state index is 0.0886. The lowest BCUT2D eigenvalue weighted by molar-refractivity contribution is -0.126. The smallest absolute Gasteiger partial charge is 0.243 e. The lowest BCUT2D eigenvalue weighted by atomic mass is 9.99. The highest BCUT2D eigenvalue weighted by Crippen LogP contribution is 2.27. The number of carbonyl (C=O) groups is 1. The molecule has 0 bridgehead atoms. The van der Waals surface area contributed by atoms with E-state index >= 15 is 0 Å². The number of aromatic nitrogens is 1. The summed E-state index contributed by atoms with van der Waals surface area (Å²) in [6, 6.07) is 14.7. The third kappa shape index (κ3) is 4.85. The topological polar surface area (TPSA) is 71.4 Å². The molecule has 1 atom stereocenters. The second kappa shape index (κ2) is 9.65. The van der Waals surface area contributed by atoms with Crippen molar-refractivity contribution in [1.29, 1.82) is 0 Å². The van der Waals surface area contributed by atoms with Crippen LogP contribution in [0.3, 0.4) is 0 Å². The Hall–Kier alpha value is -2.35. The van der Waals surface area contributed by atoms with E-state index in [-0.39, 0.29) is 23.3 Å². The molecule has 1 saturated heterocycles. The Kier molecular flexibility index (Phi) is 6.88. The molecule has 0 saturated carbocycles. The van der Waals surface area contributed by atoms with Crippen LogP contribution in [-0.4, -0.2) is 42.8 Å². The van der Waals surface area contributed by atoms with Crippen molar-refractivity contribution in [1.82, 2.24) is 14.2 Å². The van der Waals surface area contributed by atoms with Crippen molar-refractivity contribution in [2.75, 3.05) is 19.6 Å². The van der Waals surface area contributed by atoms with Gasteiger partial charge in [-0.1, -0.05) is 23.7 Å². The van der Waals surface area contributed by atoms with E-state index in [0.29, 0.717) is 37.4 Å². The zero-order valence-electron chi connectivity index (χ0n) is 18.1. The van der Waals surface area contributed by atoms with Crippen molar-refractivity contribution in [3.05, 3.63) is 65.3 Å². The van der Waals surface area contributed by atoms with Crippen LogP contribution in [0.2, 0.25) is 5.02 Å². The Bertz CT molecular complexity index is 1200. The number of carbonyl (C=O) groups excluding carboxylic acids is 1. The van der Waals surface area contributed by atoms with Crippen molar-refractivity contribution < 1.29 is 13.2 Å². The average Bonchev–Trinajstić information content (AvgIpc) is 3.23. The highest BCUT2D eigenvalue weighted by atomic mass is 35.5. The van der Waals surface area contributed by atoms with Gasteiger partial charge < -0.3 is 9.88 Å². The first-order valence-electron chi connectivity index (χ1n) is 11.0. The number of hydrogen-bond acceptors (Lipinski definition) is 3. The number of rotatable bonds is 7. The van der Waals surface area contributed by atoms with E-state index < -0.39 is 10.0 Å². The second-order valence-electron chi connectivity index (χ2n) is 8.19. The molecule has 1 aromatic heterocycles. The van der Waals surface area contributed by atoms with Gasteiger partial charge in [-0.15, -0.1) is 0 Å². The van der Waals surface area contributed by atoms with Crippen molar-refractivity contribution in [2.24, 2.45) is 5.92 Å². The Balaban J connectivity index is 1.40. The van der Waals surface area contributed by atoms with Gasteiger partial charge in [-0.05, 0) is 68.1 Å². The fraction of sp³-hybridized carbons (Fsp3) is 0.375. The maximum atomic E-state index is 13.3. The van der Waals surface area contributed by atoms with Crippen LogP contribution < -0.4 is 5.32 Å². The standard InChI is InChI=1S/C24H28ClN3O3S/c1-2-27-15-12-19-16-22(9-10-23(19)27)32(30,31)28-14-3-4-20(17-28)24(29)26-13-11-18-5-7-21(25)8-6-18/h5-10,12,15-16,20H,2-4,11,13-14,17H2,1H3,(H,26,29). The molecule has 4 rings (SSSR count). The van der Waals surface area contributed by atoms with Crippen molar-refractivity contribution in [2.45, 2.75) is 37.6 Å². The zero-order chi connectivity index (χ0) is 22.7. The van der Waals surface area contributed by atoms with Gasteiger partial charge in [0, 0.05) is 48.3 Å². The van der Waals surface area contributed by atoms with Gasteiger partial charge in [-0.3, -0.25) is 4.79 Å². The summed E-state index contributed by atoms with van der Waals surface area (Å²) in [6.45, 7) is 4.04. The van der Waals surface area contributed by atoms with Crippen LogP contribution in [-0.2, 0) is 27.8 Å². The van der Waals surface area contributed by atoms with Gasteiger partial charge >= 0.3 is 0 Å². The SMILES string of the molecule is CCn1ccc2cc(S(=O)(=O)N3CCCC(C(=O)NCCc4ccc(Cl)cc4)C3)ccc21. The van der Waals surface area contributed by atoms with Crippen LogP contribution in [0.5, 0.6) is 0 Å². The zero-order valence-corrected chi connectivity index (χ0v) is 19.7. The first-order chi connectivity index (χ1) is 15.4. The Labute approximate surface area is 194 Å². The number of amides is 1. The fourth-order valence-corrected chi connectivity index (χ4v) is 5.95. The van der Waals surface area contributed by atoms with Gasteiger partial charge in [0.2, 0.25) is 15.9 Å². The lowest BCUT2D eigenvalue weighted by Crippen LogP contribution is -2.45. The van der Waals surface area contributed by atoms with Crippen LogP contribution in [0.4, 0.5) is 0 Å². The van der Waals surface area contributed by atoms with Gasteiger partial charge in [-0.2, -0.15) is 4.31 Å². The number of nitrogens with one attached hydrogen (secondary N) is 1. The number of fused-ring (bicyclic) bond motifs is 1. The molecule has 1 amide bonds. The average molecular weight is 474 g/mol. The minimum Gasteiger partial charge on any atom is -0.355 e. The second-order valence-corrected chi connectivity index (χ2v) is 10.6. The molecular formula is C24H28ClN3O3S. The lowest BCUT2D eigenvalue weighted by Gasteiger charge is -2.31. The monoisotopic (exact) mass is 473 g/mol. The molecule has 170 valence electrons. The molecule has 1 unspecified atom stereocenters. The Morgan fingerprint density at radius 1 is 1.16 bits per heavy atom. The number of benzene rings is 2. The minimum atomic E-state index is -3.65. The van der Waals surface area contributed by atoms with E-state index in [1.54, 1.807) is 12.1 Å². The van der Waals surface area contributed by atoms with Crippen LogP contribution in [0.25, 0.3) is 10.9 Å². The molecule has 8 heteroatoms. The molecule has 1 aliphatic rings. The van der Waals surface area contributed by atoms with Gasteiger partial charge in [0.1, 0.15) is 0 Å². The summed E-state index contributed by atoms with van der Waals surface area (Å²) in [7, 11) is -3.65. The maximum Gasteiger partial charge on any atom is 0.243 e. The van der Waals surface area contributed by atoms with Crippen LogP contribution in [0.1, 0.15) is 25.3 Å². The van der Waals surface area contributed by atoms with E-state index in [1.807, 2.05) is 42.6 Å². The van der Waals surface area contributed by atoms with Gasteiger partial charge in [0.15, 0.2) is 0 Å². The summed E-state index contributed by atoms with van der Waals surface area (Å²) in [5.41, 5.74) is 2.11. The summed E-state index contributed by atoms with van der Waals surface area (Å²) in [5.74, 6) is -0.428. The molecular weight excluding hydrogens is 446 g/mol. The van der Waals surface area contributed by atoms with Gasteiger partial charge in [0.05, 0.1) is 10.8 Å². The molecule has 0 spiro atoms. The molecule has 1 fully saturated rings. The van der Waals surface area contributed by atoms with Crippen molar-refractivity contribution in [3.8, 4) is 0 Å². The number of nitrogens with zero attached hydrogens (tertiary/aromatic N) is 2. The molecule has 0 aliphatic carbocycles. The van der Waals surface area contributed by atoms with Crippen LogP contribution in [0, 0.1) is 5.92 Å². The molecule has 0 radical (unpaired) electrons. The molecule has 2 aromatic carbocycles. The highest BCUT2D eigenvalue weighted by Gasteiger charge is 2.33. The quantitative estimate of drug-likeness (QED) is 0.562. The summed E-state index contributed by atoms with van der Waals surface area (Å²) < 4.78 is 30.1. The number of sulfonamides is 1. The molecule has 2 heterocycles. The largest absolute Gasteiger partial charge is 0.355 e. The molecule has 6 nitrogen and oxygen atoms in total. The highest BCUT2D eigenvalue weighted by molar-refractivity contribution is 7.89. The third-order valence-electron chi connectivity index (χ3n) is 6.10. The first kappa shape index (κ1) is 22.8. The molecule has 32 heavy (non-hydrogen) atoms. The van der Waals surface area contributed by atoms with E-state index in [0.717, 1.165) is 23.0 Å². The van der Waals surface area contributed by atoms with E-state index in [9.17, 15) is 13.2 Å². The number of halogens is 1. The molecule has 1 aliphatic heterocycles. The van der Waals surface area contributed by atoms with Gasteiger partial charge in [0.25, 0.3) is 0 Å². The maximum absolute atomic E-state index is 13.3. The van der Waals surface area contributed by atoms with Crippen molar-refractivity contribution >= 4 is 38.4 Å². The Morgan fingerprint density at radius 3 is 2.69 bits per heavy atom. The Morgan fingerprint density at radius 2 is 1.94 bits per heavy atom. The molecule has 3 aromatic rings. The number of aryl methyl sites for hydroxylation is 1. The van der Waals surface area contributed by atoms with Gasteiger partial charge in [-0.25, -0.2) is 8.42 Å². The summed E-state index contributed by atoms with van der Waals surface area (Å²) in [5, 5.41) is 4.55. The summed E-state index contributed by atoms with van der Waals surface area (Å²) in [4.78, 5) is 13.0. The van der Waals surface area contributed by atoms with E-state index in [1.165, 1.54) is 4.31 Å². The molecule has 1 N–H and O–H groups in total. The summed E-state index contributed by atoms with van der Waals surface area (Å²) >= 11 is 5.90. The first-order valence-corrected chi connectivity index (χ1v) is 12.8. The normalized spacial score (nSPS) is 17.5. The van der Waals surface area contributed by atoms with Crippen LogP contribution in [0.15, 0.2) is 59.6 Å². The number of piperidine rings is 1.